The van der Waals surface area contributed by atoms with E-state index in [1.165, 1.54) is 36.2 Å². The number of benzene rings is 2. The van der Waals surface area contributed by atoms with Crippen molar-refractivity contribution < 1.29 is 24.4 Å². The van der Waals surface area contributed by atoms with Gasteiger partial charge in [-0.15, -0.1) is 0 Å². The number of ether oxygens (including phenoxy) is 1. The SMILES string of the molecule is CN(C(=O)COc1ccc([N+](=O)[O-])cc1)C1CCN(CC2CN(C(C(=O)O)C3CCCCC3)CC2c2ccccc2)CC1. The molecule has 3 aliphatic rings. The van der Waals surface area contributed by atoms with Gasteiger partial charge in [-0.25, -0.2) is 0 Å². The molecule has 0 spiro atoms. The van der Waals surface area contributed by atoms with Crippen LogP contribution < -0.4 is 4.74 Å². The van der Waals surface area contributed by atoms with Crippen LogP contribution in [-0.2, 0) is 9.59 Å². The van der Waals surface area contributed by atoms with Crippen LogP contribution in [0.2, 0.25) is 0 Å². The molecule has 3 fully saturated rings. The lowest BCUT2D eigenvalue weighted by molar-refractivity contribution is -0.384. The van der Waals surface area contributed by atoms with Crippen LogP contribution in [-0.4, -0.2) is 95.1 Å². The Morgan fingerprint density at radius 1 is 1.00 bits per heavy atom. The minimum Gasteiger partial charge on any atom is -0.484 e. The summed E-state index contributed by atoms with van der Waals surface area (Å²) >= 11 is 0. The third kappa shape index (κ3) is 7.72. The molecule has 2 heterocycles. The summed E-state index contributed by atoms with van der Waals surface area (Å²) in [5, 5.41) is 21.1. The van der Waals surface area contributed by atoms with Crippen molar-refractivity contribution in [3.8, 4) is 5.75 Å². The summed E-state index contributed by atoms with van der Waals surface area (Å²) in [4.78, 5) is 42.3. The van der Waals surface area contributed by atoms with Crippen molar-refractivity contribution in [2.24, 2.45) is 11.8 Å². The number of rotatable bonds is 11. The fourth-order valence-corrected chi connectivity index (χ4v) is 7.44. The van der Waals surface area contributed by atoms with Gasteiger partial charge >= 0.3 is 5.97 Å². The van der Waals surface area contributed by atoms with E-state index in [9.17, 15) is 24.8 Å². The standard InChI is InChI=1S/C33H44N4O6/c1-34(31(38)23-43-29-14-12-28(13-15-29)37(41)42)27-16-18-35(19-17-27)20-26-21-36(22-30(26)24-8-4-2-5-9-24)32(33(39)40)25-10-6-3-7-11-25/h2,4-5,8-9,12-15,25-27,30,32H,3,6-7,10-11,16-23H2,1H3,(H,39,40). The average Bonchev–Trinajstić information content (AvgIpc) is 3.43. The number of carbonyl (C=O) groups is 2. The van der Waals surface area contributed by atoms with E-state index < -0.39 is 16.9 Å². The Morgan fingerprint density at radius 3 is 2.30 bits per heavy atom. The summed E-state index contributed by atoms with van der Waals surface area (Å²) in [5.41, 5.74) is 1.27. The number of hydrogen-bond donors (Lipinski definition) is 1. The Balaban J connectivity index is 1.16. The van der Waals surface area contributed by atoms with E-state index in [1.54, 1.807) is 4.90 Å². The third-order valence-corrected chi connectivity index (χ3v) is 9.84. The van der Waals surface area contributed by atoms with Gasteiger partial charge in [0.05, 0.1) is 4.92 Å². The third-order valence-electron chi connectivity index (χ3n) is 9.84. The van der Waals surface area contributed by atoms with Gasteiger partial charge in [-0.05, 0) is 55.2 Å². The second kappa shape index (κ2) is 14.3. The number of likely N-dealkylation sites (tertiary alicyclic amines) is 2. The predicted molar refractivity (Wildman–Crippen MR) is 163 cm³/mol. The Morgan fingerprint density at radius 2 is 1.67 bits per heavy atom. The number of likely N-dealkylation sites (N-methyl/N-ethyl adjacent to an activating group) is 1. The molecule has 1 aliphatic carbocycles. The van der Waals surface area contributed by atoms with Crippen molar-refractivity contribution in [3.05, 3.63) is 70.3 Å². The number of carbonyl (C=O) groups excluding carboxylic acids is 1. The highest BCUT2D eigenvalue weighted by Crippen LogP contribution is 2.38. The number of nitrogens with zero attached hydrogens (tertiary/aromatic N) is 4. The van der Waals surface area contributed by atoms with Crippen molar-refractivity contribution >= 4 is 17.6 Å². The maximum absolute atomic E-state index is 12.9. The average molecular weight is 593 g/mol. The molecular formula is C33H44N4O6. The first-order valence-electron chi connectivity index (χ1n) is 15.7. The molecule has 2 aromatic carbocycles. The summed E-state index contributed by atoms with van der Waals surface area (Å²) in [6.07, 6.45) is 7.21. The summed E-state index contributed by atoms with van der Waals surface area (Å²) in [5.74, 6) is 0.508. The molecule has 3 unspecified atom stereocenters. The van der Waals surface area contributed by atoms with Crippen LogP contribution in [0.25, 0.3) is 0 Å². The van der Waals surface area contributed by atoms with Crippen LogP contribution in [0.15, 0.2) is 54.6 Å². The monoisotopic (exact) mass is 592 g/mol. The second-order valence-corrected chi connectivity index (χ2v) is 12.5. The summed E-state index contributed by atoms with van der Waals surface area (Å²) in [6, 6.07) is 16.0. The first kappa shape index (κ1) is 30.9. The maximum atomic E-state index is 12.9. The number of amides is 1. The molecule has 2 aromatic rings. The summed E-state index contributed by atoms with van der Waals surface area (Å²) in [7, 11) is 1.82. The van der Waals surface area contributed by atoms with E-state index in [0.717, 1.165) is 71.2 Å². The van der Waals surface area contributed by atoms with Crippen molar-refractivity contribution in [3.63, 3.8) is 0 Å². The van der Waals surface area contributed by atoms with Gasteiger partial charge < -0.3 is 19.6 Å². The fourth-order valence-electron chi connectivity index (χ4n) is 7.44. The maximum Gasteiger partial charge on any atom is 0.321 e. The zero-order valence-electron chi connectivity index (χ0n) is 25.1. The molecule has 0 aromatic heterocycles. The molecule has 232 valence electrons. The lowest BCUT2D eigenvalue weighted by Crippen LogP contribution is -2.48. The van der Waals surface area contributed by atoms with Crippen LogP contribution in [0.5, 0.6) is 5.75 Å². The van der Waals surface area contributed by atoms with Crippen LogP contribution in [0, 0.1) is 22.0 Å². The van der Waals surface area contributed by atoms with Crippen LogP contribution in [0.1, 0.15) is 56.4 Å². The summed E-state index contributed by atoms with van der Waals surface area (Å²) in [6.45, 7) is 4.15. The molecule has 1 amide bonds. The van der Waals surface area contributed by atoms with Gasteiger partial charge in [0, 0.05) is 63.9 Å². The van der Waals surface area contributed by atoms with E-state index in [4.69, 9.17) is 4.74 Å². The van der Waals surface area contributed by atoms with Gasteiger partial charge in [0.15, 0.2) is 6.61 Å². The molecule has 1 saturated carbocycles. The number of nitro benzene ring substituents is 1. The lowest BCUT2D eigenvalue weighted by Gasteiger charge is -2.38. The number of nitro groups is 1. The van der Waals surface area contributed by atoms with E-state index >= 15 is 0 Å². The second-order valence-electron chi connectivity index (χ2n) is 12.5. The van der Waals surface area contributed by atoms with E-state index in [-0.39, 0.29) is 30.2 Å². The van der Waals surface area contributed by atoms with Gasteiger partial charge in [-0.3, -0.25) is 24.6 Å². The van der Waals surface area contributed by atoms with Crippen molar-refractivity contribution in [2.45, 2.75) is 62.9 Å². The highest BCUT2D eigenvalue weighted by Gasteiger charge is 2.43. The van der Waals surface area contributed by atoms with Crippen LogP contribution >= 0.6 is 0 Å². The number of carboxylic acid groups (broad SMARTS) is 1. The number of carboxylic acids is 1. The lowest BCUT2D eigenvalue weighted by atomic mass is 9.83. The van der Waals surface area contributed by atoms with Crippen molar-refractivity contribution in [2.75, 3.05) is 46.4 Å². The minimum atomic E-state index is -0.676. The van der Waals surface area contributed by atoms with E-state index in [2.05, 4.69) is 34.1 Å². The van der Waals surface area contributed by atoms with Crippen molar-refractivity contribution in [1.29, 1.82) is 0 Å². The number of piperidine rings is 1. The molecule has 0 bridgehead atoms. The Labute approximate surface area is 253 Å². The Hall–Kier alpha value is -3.50. The summed E-state index contributed by atoms with van der Waals surface area (Å²) < 4.78 is 5.60. The van der Waals surface area contributed by atoms with E-state index in [0.29, 0.717) is 17.6 Å². The molecule has 2 aliphatic heterocycles. The molecule has 0 radical (unpaired) electrons. The first-order chi connectivity index (χ1) is 20.8. The quantitative estimate of drug-likeness (QED) is 0.296. The fraction of sp³-hybridized carbons (Fsp3) is 0.576. The zero-order chi connectivity index (χ0) is 30.3. The normalized spacial score (nSPS) is 23.1. The highest BCUT2D eigenvalue weighted by molar-refractivity contribution is 5.77. The van der Waals surface area contributed by atoms with Gasteiger partial charge in [0.1, 0.15) is 11.8 Å². The molecular weight excluding hydrogens is 548 g/mol. The Bertz CT molecular complexity index is 1230. The Kier molecular flexibility index (Phi) is 10.3. The van der Waals surface area contributed by atoms with Gasteiger partial charge in [-0.2, -0.15) is 0 Å². The molecule has 5 rings (SSSR count). The molecule has 1 N–H and O–H groups in total. The number of hydrogen-bond acceptors (Lipinski definition) is 7. The highest BCUT2D eigenvalue weighted by atomic mass is 16.6. The van der Waals surface area contributed by atoms with E-state index in [1.807, 2.05) is 13.1 Å². The van der Waals surface area contributed by atoms with Gasteiger partial charge in [0.25, 0.3) is 11.6 Å². The number of aliphatic carboxylic acids is 1. The smallest absolute Gasteiger partial charge is 0.321 e. The predicted octanol–water partition coefficient (Wildman–Crippen LogP) is 4.65. The molecule has 10 nitrogen and oxygen atoms in total. The number of non-ortho nitro benzene ring substituents is 1. The van der Waals surface area contributed by atoms with Gasteiger partial charge in [-0.1, -0.05) is 49.6 Å². The molecule has 3 atom stereocenters. The first-order valence-corrected chi connectivity index (χ1v) is 15.7. The van der Waals surface area contributed by atoms with Crippen molar-refractivity contribution in [1.82, 2.24) is 14.7 Å². The molecule has 2 saturated heterocycles. The van der Waals surface area contributed by atoms with Crippen LogP contribution in [0.3, 0.4) is 0 Å². The largest absolute Gasteiger partial charge is 0.484 e. The topological polar surface area (TPSA) is 116 Å². The molecule has 10 heteroatoms. The molecule has 43 heavy (non-hydrogen) atoms. The zero-order valence-corrected chi connectivity index (χ0v) is 25.1. The van der Waals surface area contributed by atoms with Crippen LogP contribution in [0.4, 0.5) is 5.69 Å². The van der Waals surface area contributed by atoms with Gasteiger partial charge in [0.2, 0.25) is 0 Å². The minimum absolute atomic E-state index is 0.0196.